The van der Waals surface area contributed by atoms with Gasteiger partial charge in [-0.1, -0.05) is 166 Å². The lowest BCUT2D eigenvalue weighted by Gasteiger charge is -2.34. The first-order valence-electron chi connectivity index (χ1n) is 24.0. The van der Waals surface area contributed by atoms with E-state index in [2.05, 4.69) is 50.3 Å². The summed E-state index contributed by atoms with van der Waals surface area (Å²) in [5.74, 6) is -1.75. The van der Waals surface area contributed by atoms with Crippen molar-refractivity contribution >= 4 is 17.9 Å². The van der Waals surface area contributed by atoms with E-state index in [-0.39, 0.29) is 42.7 Å². The summed E-state index contributed by atoms with van der Waals surface area (Å²) >= 11 is 0. The molecule has 0 rings (SSSR count). The second kappa shape index (κ2) is 41.3. The molecule has 8 heteroatoms. The first-order chi connectivity index (χ1) is 28.1. The van der Waals surface area contributed by atoms with E-state index in [1.165, 1.54) is 116 Å². The Morgan fingerprint density at radius 3 is 1.45 bits per heavy atom. The lowest BCUT2D eigenvalue weighted by atomic mass is 10.0. The van der Waals surface area contributed by atoms with Gasteiger partial charge in [-0.15, -0.1) is 0 Å². The molecule has 0 aromatic heterocycles. The largest absolute Gasteiger partial charge is 0.544 e. The summed E-state index contributed by atoms with van der Waals surface area (Å²) in [6.07, 6.45) is 47.4. The van der Waals surface area contributed by atoms with Crippen LogP contribution in [0.25, 0.3) is 0 Å². The van der Waals surface area contributed by atoms with E-state index in [1.54, 1.807) is 21.1 Å². The Labute approximate surface area is 357 Å². The van der Waals surface area contributed by atoms with Gasteiger partial charge in [0, 0.05) is 19.3 Å². The van der Waals surface area contributed by atoms with Gasteiger partial charge in [0.25, 0.3) is 0 Å². The molecule has 338 valence electrons. The quantitative estimate of drug-likeness (QED) is 0.0261. The van der Waals surface area contributed by atoms with Crippen LogP contribution < -0.4 is 5.11 Å². The first kappa shape index (κ1) is 55.5. The highest BCUT2D eigenvalue weighted by atomic mass is 16.6. The number of carboxylic acids is 1. The van der Waals surface area contributed by atoms with E-state index in [4.69, 9.17) is 14.2 Å². The number of nitrogens with zero attached hydrogens (tertiary/aromatic N) is 1. The van der Waals surface area contributed by atoms with Crippen molar-refractivity contribution in [2.24, 2.45) is 0 Å². The van der Waals surface area contributed by atoms with Crippen LogP contribution in [0.3, 0.4) is 0 Å². The number of carboxylic acid groups (broad SMARTS) is 1. The maximum atomic E-state index is 12.8. The van der Waals surface area contributed by atoms with E-state index in [0.717, 1.165) is 64.2 Å². The van der Waals surface area contributed by atoms with Crippen molar-refractivity contribution < 1.29 is 38.2 Å². The van der Waals surface area contributed by atoms with Crippen LogP contribution in [0.4, 0.5) is 0 Å². The van der Waals surface area contributed by atoms with E-state index in [9.17, 15) is 19.5 Å². The number of esters is 2. The van der Waals surface area contributed by atoms with Gasteiger partial charge >= 0.3 is 11.9 Å². The molecule has 8 nitrogen and oxygen atoms in total. The molecule has 0 aliphatic carbocycles. The molecule has 0 bridgehead atoms. The summed E-state index contributed by atoms with van der Waals surface area (Å²) in [6, 6.07) is -0.726. The molecule has 0 fully saturated rings. The average Bonchev–Trinajstić information content (AvgIpc) is 3.18. The number of aliphatic carboxylic acids is 1. The average molecular weight is 818 g/mol. The molecule has 2 unspecified atom stereocenters. The second-order valence-corrected chi connectivity index (χ2v) is 17.3. The highest BCUT2D eigenvalue weighted by molar-refractivity contribution is 5.70. The molecule has 0 aromatic carbocycles. The minimum atomic E-state index is -1.13. The van der Waals surface area contributed by atoms with Crippen LogP contribution in [0.15, 0.2) is 36.5 Å². The zero-order valence-electron chi connectivity index (χ0n) is 38.5. The van der Waals surface area contributed by atoms with E-state index < -0.39 is 18.1 Å². The Morgan fingerprint density at radius 2 is 0.966 bits per heavy atom. The normalized spacial score (nSPS) is 13.2. The fraction of sp³-hybridized carbons (Fsp3) is 0.820. The number of carbonyl (C=O) groups is 3. The van der Waals surface area contributed by atoms with Crippen molar-refractivity contribution in [3.8, 4) is 0 Å². The number of hydrogen-bond acceptors (Lipinski definition) is 7. The summed E-state index contributed by atoms with van der Waals surface area (Å²) in [7, 11) is 5.41. The molecular formula is C50H91NO7. The molecule has 2 atom stereocenters. The zero-order valence-corrected chi connectivity index (χ0v) is 38.5. The van der Waals surface area contributed by atoms with Crippen LogP contribution in [0, 0.1) is 0 Å². The van der Waals surface area contributed by atoms with Crippen LogP contribution >= 0.6 is 0 Å². The van der Waals surface area contributed by atoms with Crippen molar-refractivity contribution in [3.05, 3.63) is 36.5 Å². The third kappa shape index (κ3) is 39.0. The molecular weight excluding hydrogens is 727 g/mol. The zero-order chi connectivity index (χ0) is 42.8. The molecule has 0 radical (unpaired) electrons. The summed E-state index contributed by atoms with van der Waals surface area (Å²) < 4.78 is 17.2. The summed E-state index contributed by atoms with van der Waals surface area (Å²) in [4.78, 5) is 36.9. The smallest absolute Gasteiger partial charge is 0.306 e. The van der Waals surface area contributed by atoms with Crippen molar-refractivity contribution in [1.82, 2.24) is 0 Å². The number of unbranched alkanes of at least 4 members (excludes halogenated alkanes) is 23. The second-order valence-electron chi connectivity index (χ2n) is 17.3. The number of hydrogen-bond donors (Lipinski definition) is 0. The van der Waals surface area contributed by atoms with Gasteiger partial charge < -0.3 is 28.6 Å². The topological polar surface area (TPSA) is 102 Å². The fourth-order valence-corrected chi connectivity index (χ4v) is 7.05. The minimum Gasteiger partial charge on any atom is -0.544 e. The molecule has 0 amide bonds. The van der Waals surface area contributed by atoms with Gasteiger partial charge in [0.1, 0.15) is 12.6 Å². The Bertz CT molecular complexity index is 1050. The van der Waals surface area contributed by atoms with Gasteiger partial charge in [-0.3, -0.25) is 9.59 Å². The standard InChI is InChI=1S/C50H91NO7/c1-6-8-10-12-14-16-18-20-21-22-23-24-25-26-27-29-31-33-35-37-39-41-49(53)58-46(44-56-43-42-47(50(54)55)51(3,4)5)45-57-48(52)40-38-36-34-32-30-28-19-17-15-13-11-9-7-2/h8,10,14,16,28,30,46-47H,6-7,9,11-13,15,17-27,29,31-45H2,1-5H3/b10-8+,16-14+,30-28+. The minimum absolute atomic E-state index is 0.0381. The van der Waals surface area contributed by atoms with E-state index in [1.807, 2.05) is 0 Å². The Hall–Kier alpha value is -2.45. The van der Waals surface area contributed by atoms with E-state index >= 15 is 0 Å². The molecule has 0 spiro atoms. The summed E-state index contributed by atoms with van der Waals surface area (Å²) in [6.45, 7) is 4.55. The maximum absolute atomic E-state index is 12.8. The number of allylic oxidation sites excluding steroid dienone is 6. The maximum Gasteiger partial charge on any atom is 0.306 e. The van der Waals surface area contributed by atoms with Crippen molar-refractivity contribution in [2.75, 3.05) is 41.0 Å². The van der Waals surface area contributed by atoms with Crippen molar-refractivity contribution in [1.29, 1.82) is 0 Å². The van der Waals surface area contributed by atoms with Gasteiger partial charge in [-0.05, 0) is 64.2 Å². The molecule has 0 aliphatic rings. The Kier molecular flexibility index (Phi) is 39.5. The molecule has 0 aromatic rings. The lowest BCUT2D eigenvalue weighted by molar-refractivity contribution is -0.889. The molecule has 0 aliphatic heterocycles. The highest BCUT2D eigenvalue weighted by Crippen LogP contribution is 2.15. The molecule has 0 N–H and O–H groups in total. The number of rotatable bonds is 43. The Morgan fingerprint density at radius 1 is 0.534 bits per heavy atom. The van der Waals surface area contributed by atoms with Crippen LogP contribution in [0.2, 0.25) is 0 Å². The number of quaternary nitrogens is 1. The van der Waals surface area contributed by atoms with Crippen LogP contribution in [0.5, 0.6) is 0 Å². The third-order valence-corrected chi connectivity index (χ3v) is 10.8. The molecule has 0 saturated carbocycles. The SMILES string of the molecule is CC/C=C/C/C=C/CCCCCCCCCCCCCCCCC(=O)OC(COCCC(C(=O)[O-])[N+](C)(C)C)COC(=O)CCCCC/C=C/CCCCCCCC. The third-order valence-electron chi connectivity index (χ3n) is 10.8. The molecule has 58 heavy (non-hydrogen) atoms. The highest BCUT2D eigenvalue weighted by Gasteiger charge is 2.25. The predicted molar refractivity (Wildman–Crippen MR) is 240 cm³/mol. The monoisotopic (exact) mass is 818 g/mol. The van der Waals surface area contributed by atoms with Crippen LogP contribution in [0.1, 0.15) is 213 Å². The number of carbonyl (C=O) groups excluding carboxylic acids is 3. The molecule has 0 heterocycles. The Balaban J connectivity index is 4.24. The van der Waals surface area contributed by atoms with Gasteiger partial charge in [0.2, 0.25) is 0 Å². The van der Waals surface area contributed by atoms with Gasteiger partial charge in [-0.25, -0.2) is 0 Å². The van der Waals surface area contributed by atoms with Gasteiger partial charge in [-0.2, -0.15) is 0 Å². The van der Waals surface area contributed by atoms with E-state index in [0.29, 0.717) is 12.8 Å². The van der Waals surface area contributed by atoms with Crippen molar-refractivity contribution in [3.63, 3.8) is 0 Å². The van der Waals surface area contributed by atoms with Gasteiger partial charge in [0.15, 0.2) is 6.10 Å². The molecule has 0 saturated heterocycles. The van der Waals surface area contributed by atoms with Gasteiger partial charge in [0.05, 0.1) is 40.3 Å². The van der Waals surface area contributed by atoms with Crippen LogP contribution in [-0.2, 0) is 28.6 Å². The first-order valence-corrected chi connectivity index (χ1v) is 24.0. The predicted octanol–water partition coefficient (Wildman–Crippen LogP) is 12.1. The summed E-state index contributed by atoms with van der Waals surface area (Å²) in [5, 5.41) is 11.6. The summed E-state index contributed by atoms with van der Waals surface area (Å²) in [5.41, 5.74) is 0. The van der Waals surface area contributed by atoms with Crippen molar-refractivity contribution in [2.45, 2.75) is 225 Å². The van der Waals surface area contributed by atoms with Crippen LogP contribution in [-0.4, -0.2) is 75.5 Å². The lowest BCUT2D eigenvalue weighted by Crippen LogP contribution is -2.55. The fourth-order valence-electron chi connectivity index (χ4n) is 7.05. The number of ether oxygens (including phenoxy) is 3. The number of likely N-dealkylation sites (N-methyl/N-ethyl adjacent to an activating group) is 1.